The van der Waals surface area contributed by atoms with Crippen molar-refractivity contribution in [1.29, 1.82) is 0 Å². The molecule has 0 aliphatic rings. The summed E-state index contributed by atoms with van der Waals surface area (Å²) in [6.07, 6.45) is -2.29. The van der Waals surface area contributed by atoms with Gasteiger partial charge >= 0.3 is 6.09 Å². The van der Waals surface area contributed by atoms with Crippen LogP contribution in [0.25, 0.3) is 0 Å². The van der Waals surface area contributed by atoms with Crippen LogP contribution >= 0.6 is 45.8 Å². The molecule has 7 heteroatoms. The second kappa shape index (κ2) is 7.50. The maximum Gasteiger partial charge on any atom is 0.405 e. The van der Waals surface area contributed by atoms with E-state index in [0.717, 1.165) is 3.57 Å². The fourth-order valence-corrected chi connectivity index (χ4v) is 2.70. The third-order valence-electron chi connectivity index (χ3n) is 3.11. The minimum absolute atomic E-state index is 0.297. The van der Waals surface area contributed by atoms with E-state index >= 15 is 0 Å². The molecule has 2 aromatic carbocycles. The largest absolute Gasteiger partial charge is 0.465 e. The molecule has 4 nitrogen and oxygen atoms in total. The Balaban J connectivity index is 2.38. The van der Waals surface area contributed by atoms with Crippen LogP contribution in [0.2, 0.25) is 10.0 Å². The molecule has 0 aliphatic carbocycles. The molecule has 0 saturated carbocycles. The lowest BCUT2D eigenvalue weighted by Gasteiger charge is -2.24. The summed E-state index contributed by atoms with van der Waals surface area (Å²) in [5.41, 5.74) is 1.13. The predicted octanol–water partition coefficient (Wildman–Crippen LogP) is 4.64. The van der Waals surface area contributed by atoms with E-state index in [1.54, 1.807) is 30.3 Å². The van der Waals surface area contributed by atoms with Crippen LogP contribution in [0.5, 0.6) is 0 Å². The number of carboxylic acid groups (broad SMARTS) is 1. The second-order valence-corrected chi connectivity index (χ2v) is 6.66. The van der Waals surface area contributed by atoms with Gasteiger partial charge < -0.3 is 15.5 Å². The van der Waals surface area contributed by atoms with Gasteiger partial charge in [0.15, 0.2) is 0 Å². The Morgan fingerprint density at radius 1 is 1.05 bits per heavy atom. The third-order valence-corrected chi connectivity index (χ3v) is 4.57. The zero-order chi connectivity index (χ0) is 16.3. The van der Waals surface area contributed by atoms with Crippen molar-refractivity contribution in [3.63, 3.8) is 0 Å². The lowest BCUT2D eigenvalue weighted by atomic mass is 9.96. The zero-order valence-electron chi connectivity index (χ0n) is 11.1. The topological polar surface area (TPSA) is 69.6 Å². The van der Waals surface area contributed by atoms with Gasteiger partial charge in [0.1, 0.15) is 6.10 Å². The first kappa shape index (κ1) is 17.3. The van der Waals surface area contributed by atoms with Crippen LogP contribution < -0.4 is 5.32 Å². The van der Waals surface area contributed by atoms with E-state index in [9.17, 15) is 9.90 Å². The predicted molar refractivity (Wildman–Crippen MR) is 94.5 cm³/mol. The summed E-state index contributed by atoms with van der Waals surface area (Å²) in [7, 11) is 0. The molecular weight excluding hydrogens is 440 g/mol. The Labute approximate surface area is 151 Å². The van der Waals surface area contributed by atoms with Gasteiger partial charge in [0.25, 0.3) is 0 Å². The molecule has 2 aromatic rings. The third kappa shape index (κ3) is 4.25. The molecule has 0 saturated heterocycles. The van der Waals surface area contributed by atoms with Crippen molar-refractivity contribution in [3.8, 4) is 0 Å². The molecule has 3 N–H and O–H groups in total. The van der Waals surface area contributed by atoms with Crippen molar-refractivity contribution >= 4 is 51.9 Å². The number of halogens is 3. The summed E-state index contributed by atoms with van der Waals surface area (Å²) in [6.45, 7) is 0. The Bertz CT molecular complexity index is 679. The van der Waals surface area contributed by atoms with E-state index in [2.05, 4.69) is 27.9 Å². The van der Waals surface area contributed by atoms with E-state index in [0.29, 0.717) is 21.2 Å². The number of nitrogens with one attached hydrogen (secondary N) is 1. The quantitative estimate of drug-likeness (QED) is 0.593. The lowest BCUT2D eigenvalue weighted by Crippen LogP contribution is -2.31. The number of hydrogen-bond donors (Lipinski definition) is 3. The Hall–Kier alpha value is -1.02. The molecule has 0 heterocycles. The molecule has 1 amide bonds. The highest BCUT2D eigenvalue weighted by Gasteiger charge is 2.25. The fourth-order valence-electron chi connectivity index (χ4n) is 2.04. The summed E-state index contributed by atoms with van der Waals surface area (Å²) in [6, 6.07) is 11.1. The van der Waals surface area contributed by atoms with Crippen LogP contribution in [0.15, 0.2) is 42.5 Å². The van der Waals surface area contributed by atoms with Crippen LogP contribution in [0, 0.1) is 3.57 Å². The molecular formula is C15H12Cl2INO3. The molecule has 0 aromatic heterocycles. The van der Waals surface area contributed by atoms with Crippen molar-refractivity contribution in [2.75, 3.05) is 0 Å². The average molecular weight is 452 g/mol. The number of rotatable bonds is 4. The summed E-state index contributed by atoms with van der Waals surface area (Å²) in [5.74, 6) is 0. The Morgan fingerprint density at radius 2 is 1.64 bits per heavy atom. The molecule has 2 unspecified atom stereocenters. The van der Waals surface area contributed by atoms with E-state index in [1.807, 2.05) is 12.1 Å². The van der Waals surface area contributed by atoms with E-state index < -0.39 is 18.2 Å². The van der Waals surface area contributed by atoms with Crippen molar-refractivity contribution in [2.24, 2.45) is 0 Å². The molecule has 0 radical (unpaired) electrons. The van der Waals surface area contributed by atoms with Gasteiger partial charge in [-0.2, -0.15) is 0 Å². The minimum atomic E-state index is -1.24. The normalized spacial score (nSPS) is 13.5. The van der Waals surface area contributed by atoms with Crippen LogP contribution in [0.3, 0.4) is 0 Å². The van der Waals surface area contributed by atoms with E-state index in [4.69, 9.17) is 28.3 Å². The Kier molecular flexibility index (Phi) is 5.91. The van der Waals surface area contributed by atoms with Gasteiger partial charge in [-0.25, -0.2) is 4.79 Å². The zero-order valence-corrected chi connectivity index (χ0v) is 14.8. The molecule has 0 spiro atoms. The molecule has 0 fully saturated rings. The molecule has 0 bridgehead atoms. The highest BCUT2D eigenvalue weighted by Crippen LogP contribution is 2.32. The Morgan fingerprint density at radius 3 is 2.18 bits per heavy atom. The number of aliphatic hydroxyl groups is 1. The highest BCUT2D eigenvalue weighted by molar-refractivity contribution is 14.1. The van der Waals surface area contributed by atoms with Gasteiger partial charge in [-0.1, -0.05) is 41.4 Å². The van der Waals surface area contributed by atoms with Gasteiger partial charge in [0, 0.05) is 3.57 Å². The summed E-state index contributed by atoms with van der Waals surface area (Å²) in [4.78, 5) is 11.0. The number of carbonyl (C=O) groups is 1. The molecule has 116 valence electrons. The minimum Gasteiger partial charge on any atom is -0.465 e. The molecule has 2 atom stereocenters. The van der Waals surface area contributed by atoms with Gasteiger partial charge in [-0.05, 0) is 58.0 Å². The van der Waals surface area contributed by atoms with Crippen molar-refractivity contribution < 1.29 is 15.0 Å². The second-order valence-electron chi connectivity index (χ2n) is 4.60. The van der Waals surface area contributed by atoms with Gasteiger partial charge in [0.2, 0.25) is 0 Å². The summed E-state index contributed by atoms with van der Waals surface area (Å²) in [5, 5.41) is 22.5. The molecule has 2 rings (SSSR count). The lowest BCUT2D eigenvalue weighted by molar-refractivity contribution is 0.120. The van der Waals surface area contributed by atoms with Crippen LogP contribution in [-0.4, -0.2) is 16.3 Å². The fraction of sp³-hybridized carbons (Fsp3) is 0.133. The smallest absolute Gasteiger partial charge is 0.405 e. The van der Waals surface area contributed by atoms with E-state index in [1.165, 1.54) is 0 Å². The molecule has 0 aliphatic heterocycles. The average Bonchev–Trinajstić information content (AvgIpc) is 2.48. The van der Waals surface area contributed by atoms with Crippen molar-refractivity contribution in [3.05, 3.63) is 67.2 Å². The number of aliphatic hydroxyl groups excluding tert-OH is 1. The first-order valence-electron chi connectivity index (χ1n) is 6.26. The highest BCUT2D eigenvalue weighted by atomic mass is 127. The first-order valence-corrected chi connectivity index (χ1v) is 8.10. The van der Waals surface area contributed by atoms with Gasteiger partial charge in [-0.3, -0.25) is 0 Å². The maximum atomic E-state index is 11.0. The van der Waals surface area contributed by atoms with Crippen molar-refractivity contribution in [2.45, 2.75) is 12.1 Å². The summed E-state index contributed by atoms with van der Waals surface area (Å²) < 4.78 is 1.02. The molecule has 22 heavy (non-hydrogen) atoms. The van der Waals surface area contributed by atoms with Crippen LogP contribution in [0.4, 0.5) is 4.79 Å². The van der Waals surface area contributed by atoms with Crippen LogP contribution in [0.1, 0.15) is 23.3 Å². The van der Waals surface area contributed by atoms with Crippen molar-refractivity contribution in [1.82, 2.24) is 5.32 Å². The SMILES string of the molecule is O=C(O)NC(c1ccc(Cl)c(Cl)c1)C(O)c1ccc(I)cc1. The first-order chi connectivity index (χ1) is 10.4. The monoisotopic (exact) mass is 451 g/mol. The van der Waals surface area contributed by atoms with Crippen LogP contribution in [-0.2, 0) is 0 Å². The number of benzene rings is 2. The van der Waals surface area contributed by atoms with Gasteiger partial charge in [-0.15, -0.1) is 0 Å². The van der Waals surface area contributed by atoms with E-state index in [-0.39, 0.29) is 0 Å². The number of hydrogen-bond acceptors (Lipinski definition) is 2. The number of amides is 1. The summed E-state index contributed by atoms with van der Waals surface area (Å²) >= 11 is 14.0. The van der Waals surface area contributed by atoms with Gasteiger partial charge in [0.05, 0.1) is 16.1 Å². The standard InChI is InChI=1S/C15H12Cl2INO3/c16-11-6-3-9(7-12(11)17)13(19-15(21)22)14(20)8-1-4-10(18)5-2-8/h1-7,13-14,19-20H,(H,21,22). The maximum absolute atomic E-state index is 11.0.